The number of nitrogens with one attached hydrogen (secondary N) is 1. The molecule has 0 bridgehead atoms. The number of thiophene rings is 1. The summed E-state index contributed by atoms with van der Waals surface area (Å²) in [6.07, 6.45) is 0.115. The predicted octanol–water partition coefficient (Wildman–Crippen LogP) is 2.59. The highest BCUT2D eigenvalue weighted by molar-refractivity contribution is 7.86. The van der Waals surface area contributed by atoms with Crippen molar-refractivity contribution in [3.05, 3.63) is 46.7 Å². The van der Waals surface area contributed by atoms with Crippen LogP contribution in [0.5, 0.6) is 0 Å². The molecule has 0 aliphatic rings. The number of hydrogen-bond donors (Lipinski definition) is 1. The molecule has 1 aromatic carbocycles. The number of halogens is 1. The molecule has 0 fully saturated rings. The van der Waals surface area contributed by atoms with E-state index in [1.54, 1.807) is 6.07 Å². The van der Waals surface area contributed by atoms with Gasteiger partial charge >= 0.3 is 10.2 Å². The number of anilines is 1. The maximum absolute atomic E-state index is 13.0. The predicted molar refractivity (Wildman–Crippen MR) is 71.4 cm³/mol. The van der Waals surface area contributed by atoms with Gasteiger partial charge in [0, 0.05) is 0 Å². The van der Waals surface area contributed by atoms with Gasteiger partial charge in [0.15, 0.2) is 0 Å². The Morgan fingerprint density at radius 2 is 2.00 bits per heavy atom. The molecule has 2 aromatic rings. The fourth-order valence-electron chi connectivity index (χ4n) is 1.56. The molecule has 4 nitrogen and oxygen atoms in total. The molecule has 19 heavy (non-hydrogen) atoms. The van der Waals surface area contributed by atoms with Crippen molar-refractivity contribution in [3.63, 3.8) is 0 Å². The van der Waals surface area contributed by atoms with E-state index < -0.39 is 21.0 Å². The summed E-state index contributed by atoms with van der Waals surface area (Å²) in [5.74, 6) is -0.394. The minimum atomic E-state index is -4.85. The van der Waals surface area contributed by atoms with Crippen LogP contribution < -0.4 is 5.32 Å². The molecule has 0 unspecified atom stereocenters. The smallest absolute Gasteiger partial charge is 0.325 e. The van der Waals surface area contributed by atoms with Crippen LogP contribution in [0.15, 0.2) is 46.0 Å². The number of carbonyl (C=O) groups excluding carboxylic acids is 1. The molecule has 0 aliphatic carbocycles. The summed E-state index contributed by atoms with van der Waals surface area (Å²) in [5.41, 5.74) is 0.772. The number of para-hydroxylation sites is 1. The lowest BCUT2D eigenvalue weighted by Gasteiger charge is -2.07. The Morgan fingerprint density at radius 1 is 1.26 bits per heavy atom. The summed E-state index contributed by atoms with van der Waals surface area (Å²) in [7, 11) is -4.85. The lowest BCUT2D eigenvalue weighted by Crippen LogP contribution is -2.15. The lowest BCUT2D eigenvalue weighted by atomic mass is 10.2. The largest absolute Gasteiger partial charge is 0.334 e. The van der Waals surface area contributed by atoms with E-state index in [-0.39, 0.29) is 12.1 Å². The molecule has 2 rings (SSSR count). The van der Waals surface area contributed by atoms with Crippen LogP contribution in [0.25, 0.3) is 0 Å². The highest BCUT2D eigenvalue weighted by Crippen LogP contribution is 2.22. The zero-order valence-electron chi connectivity index (χ0n) is 9.67. The van der Waals surface area contributed by atoms with Crippen molar-refractivity contribution in [2.24, 2.45) is 0 Å². The second-order valence-corrected chi connectivity index (χ2v) is 5.89. The molecule has 1 aromatic heterocycles. The maximum Gasteiger partial charge on any atom is 0.334 e. The Bertz CT molecular complexity index is 681. The van der Waals surface area contributed by atoms with Gasteiger partial charge < -0.3 is 5.32 Å². The lowest BCUT2D eigenvalue weighted by molar-refractivity contribution is -0.115. The molecular formula is C12H10FNO3S2. The van der Waals surface area contributed by atoms with Crippen molar-refractivity contribution >= 4 is 33.2 Å². The fraction of sp³-hybridized carbons (Fsp3) is 0.0833. The zero-order chi connectivity index (χ0) is 13.9. The average molecular weight is 299 g/mol. The molecule has 0 radical (unpaired) electrons. The molecule has 7 heteroatoms. The monoisotopic (exact) mass is 299 g/mol. The number of benzene rings is 1. The van der Waals surface area contributed by atoms with E-state index in [9.17, 15) is 17.1 Å². The summed E-state index contributed by atoms with van der Waals surface area (Å²) < 4.78 is 34.9. The third-order valence-corrected chi connectivity index (χ3v) is 3.98. The molecule has 1 N–H and O–H groups in total. The molecule has 1 heterocycles. The minimum Gasteiger partial charge on any atom is -0.325 e. The van der Waals surface area contributed by atoms with E-state index in [1.807, 2.05) is 10.8 Å². The van der Waals surface area contributed by atoms with E-state index >= 15 is 0 Å². The van der Waals surface area contributed by atoms with Gasteiger partial charge in [-0.25, -0.2) is 0 Å². The number of carbonyl (C=O) groups is 1. The van der Waals surface area contributed by atoms with Crippen LogP contribution >= 0.6 is 11.3 Å². The highest BCUT2D eigenvalue weighted by Gasteiger charge is 2.18. The average Bonchev–Trinajstić information content (AvgIpc) is 2.81. The Morgan fingerprint density at radius 3 is 2.63 bits per heavy atom. The Hall–Kier alpha value is -1.73. The summed E-state index contributed by atoms with van der Waals surface area (Å²) >= 11 is 1.46. The molecule has 0 saturated carbocycles. The minimum absolute atomic E-state index is 0.0507. The van der Waals surface area contributed by atoms with Gasteiger partial charge in [-0.15, -0.1) is 3.89 Å². The van der Waals surface area contributed by atoms with E-state index in [0.717, 1.165) is 11.6 Å². The van der Waals surface area contributed by atoms with Crippen molar-refractivity contribution in [3.8, 4) is 0 Å². The van der Waals surface area contributed by atoms with Crippen LogP contribution in [0.2, 0.25) is 0 Å². The first-order valence-corrected chi connectivity index (χ1v) is 7.64. The highest BCUT2D eigenvalue weighted by atomic mass is 32.3. The molecule has 100 valence electrons. The van der Waals surface area contributed by atoms with Gasteiger partial charge in [-0.05, 0) is 34.5 Å². The Labute approximate surface area is 114 Å². The second-order valence-electron chi connectivity index (χ2n) is 3.79. The maximum atomic E-state index is 13.0. The summed E-state index contributed by atoms with van der Waals surface area (Å²) in [4.78, 5) is 11.2. The van der Waals surface area contributed by atoms with E-state index in [4.69, 9.17) is 0 Å². The molecule has 0 saturated heterocycles. The zero-order valence-corrected chi connectivity index (χ0v) is 11.3. The van der Waals surface area contributed by atoms with Crippen molar-refractivity contribution < 1.29 is 17.1 Å². The van der Waals surface area contributed by atoms with Crippen molar-refractivity contribution in [1.29, 1.82) is 0 Å². The quantitative estimate of drug-likeness (QED) is 0.883. The molecular weight excluding hydrogens is 289 g/mol. The third kappa shape index (κ3) is 3.62. The van der Waals surface area contributed by atoms with Gasteiger partial charge in [0.1, 0.15) is 4.90 Å². The van der Waals surface area contributed by atoms with Gasteiger partial charge in [0.2, 0.25) is 5.91 Å². The topological polar surface area (TPSA) is 63.2 Å². The fourth-order valence-corrected chi connectivity index (χ4v) is 2.85. The van der Waals surface area contributed by atoms with Crippen LogP contribution in [0, 0.1) is 0 Å². The van der Waals surface area contributed by atoms with Crippen LogP contribution in [0.3, 0.4) is 0 Å². The van der Waals surface area contributed by atoms with Crippen LogP contribution in [0.1, 0.15) is 5.56 Å². The Kier molecular flexibility index (Phi) is 3.96. The van der Waals surface area contributed by atoms with Gasteiger partial charge in [-0.1, -0.05) is 12.1 Å². The van der Waals surface area contributed by atoms with Gasteiger partial charge in [-0.3, -0.25) is 4.79 Å². The summed E-state index contributed by atoms with van der Waals surface area (Å²) in [5, 5.41) is 6.05. The van der Waals surface area contributed by atoms with Gasteiger partial charge in [0.25, 0.3) is 0 Å². The van der Waals surface area contributed by atoms with E-state index in [1.165, 1.54) is 29.5 Å². The molecule has 0 atom stereocenters. The first-order valence-electron chi connectivity index (χ1n) is 5.31. The number of amides is 1. The first kappa shape index (κ1) is 13.7. The molecule has 1 amide bonds. The summed E-state index contributed by atoms with van der Waals surface area (Å²) in [6.45, 7) is 0. The Balaban J connectivity index is 2.18. The molecule has 0 spiro atoms. The van der Waals surface area contributed by atoms with Crippen molar-refractivity contribution in [1.82, 2.24) is 0 Å². The third-order valence-electron chi connectivity index (χ3n) is 2.37. The standard InChI is InChI=1S/C12H10FNO3S2/c13-19(16,17)11-4-2-1-3-10(11)14-12(15)7-9-5-6-18-8-9/h1-6,8H,7H2,(H,14,15). The van der Waals surface area contributed by atoms with Crippen LogP contribution in [0.4, 0.5) is 9.57 Å². The number of hydrogen-bond acceptors (Lipinski definition) is 4. The second kappa shape index (κ2) is 5.50. The van der Waals surface area contributed by atoms with Gasteiger partial charge in [0.05, 0.1) is 12.1 Å². The SMILES string of the molecule is O=C(Cc1ccsc1)Nc1ccccc1S(=O)(=O)F. The first-order chi connectivity index (χ1) is 8.97. The van der Waals surface area contributed by atoms with E-state index in [0.29, 0.717) is 0 Å². The van der Waals surface area contributed by atoms with Crippen molar-refractivity contribution in [2.75, 3.05) is 5.32 Å². The van der Waals surface area contributed by atoms with Crippen LogP contribution in [-0.2, 0) is 21.4 Å². The normalized spacial score (nSPS) is 11.2. The number of rotatable bonds is 4. The van der Waals surface area contributed by atoms with Crippen LogP contribution in [-0.4, -0.2) is 14.3 Å². The summed E-state index contributed by atoms with van der Waals surface area (Å²) in [6, 6.07) is 7.16. The van der Waals surface area contributed by atoms with Gasteiger partial charge in [-0.2, -0.15) is 19.8 Å². The molecule has 0 aliphatic heterocycles. The van der Waals surface area contributed by atoms with E-state index in [2.05, 4.69) is 5.32 Å². The van der Waals surface area contributed by atoms with Crippen molar-refractivity contribution in [2.45, 2.75) is 11.3 Å².